The van der Waals surface area contributed by atoms with E-state index in [0.717, 1.165) is 17.1 Å². The number of carbonyl (C=O) groups is 1. The molecule has 0 spiro atoms. The molecular weight excluding hydrogens is 192 g/mol. The zero-order valence-corrected chi connectivity index (χ0v) is 9.50. The fourth-order valence-corrected chi connectivity index (χ4v) is 2.64. The highest BCUT2D eigenvalue weighted by molar-refractivity contribution is 5.77. The molecule has 3 nitrogen and oxygen atoms in total. The summed E-state index contributed by atoms with van der Waals surface area (Å²) in [7, 11) is 0. The van der Waals surface area contributed by atoms with E-state index in [0.29, 0.717) is 0 Å². The van der Waals surface area contributed by atoms with Crippen molar-refractivity contribution in [2.75, 3.05) is 0 Å². The van der Waals surface area contributed by atoms with Gasteiger partial charge in [-0.1, -0.05) is 13.8 Å². The van der Waals surface area contributed by atoms with Crippen LogP contribution in [0.15, 0.2) is 10.5 Å². The van der Waals surface area contributed by atoms with Crippen LogP contribution in [-0.2, 0) is 4.79 Å². The number of furan rings is 1. The molecule has 0 aliphatic heterocycles. The van der Waals surface area contributed by atoms with Crippen LogP contribution in [0.4, 0.5) is 0 Å². The van der Waals surface area contributed by atoms with Crippen molar-refractivity contribution in [3.05, 3.63) is 23.2 Å². The first-order valence-electron chi connectivity index (χ1n) is 5.15. The number of hydrogen-bond donors (Lipinski definition) is 1. The van der Waals surface area contributed by atoms with E-state index in [4.69, 9.17) is 9.52 Å². The third-order valence-corrected chi connectivity index (χ3v) is 3.51. The zero-order chi connectivity index (χ0) is 11.4. The van der Waals surface area contributed by atoms with Gasteiger partial charge in [0, 0.05) is 5.92 Å². The first-order chi connectivity index (χ1) is 6.85. The predicted molar refractivity (Wildman–Crippen MR) is 55.8 cm³/mol. The van der Waals surface area contributed by atoms with Crippen molar-refractivity contribution in [3.63, 3.8) is 0 Å². The van der Waals surface area contributed by atoms with E-state index in [9.17, 15) is 4.79 Å². The summed E-state index contributed by atoms with van der Waals surface area (Å²) in [6.07, 6.45) is 0. The van der Waals surface area contributed by atoms with Crippen molar-refractivity contribution < 1.29 is 14.3 Å². The SMILES string of the molecule is Cc1cc(C2C(C(=O)O)C2(C)C)c(C)o1. The maximum Gasteiger partial charge on any atom is 0.307 e. The quantitative estimate of drug-likeness (QED) is 0.813. The first kappa shape index (κ1) is 10.3. The molecular formula is C12H16O3. The molecule has 0 aromatic carbocycles. The second kappa shape index (κ2) is 2.87. The summed E-state index contributed by atoms with van der Waals surface area (Å²) >= 11 is 0. The second-order valence-corrected chi connectivity index (χ2v) is 4.98. The molecule has 82 valence electrons. The minimum absolute atomic E-state index is 0.104. The second-order valence-electron chi connectivity index (χ2n) is 4.98. The molecule has 1 aromatic heterocycles. The van der Waals surface area contributed by atoms with Gasteiger partial charge in [0.15, 0.2) is 0 Å². The van der Waals surface area contributed by atoms with Gasteiger partial charge in [-0.2, -0.15) is 0 Å². The molecule has 15 heavy (non-hydrogen) atoms. The van der Waals surface area contributed by atoms with Gasteiger partial charge in [-0.25, -0.2) is 0 Å². The van der Waals surface area contributed by atoms with E-state index in [-0.39, 0.29) is 17.3 Å². The van der Waals surface area contributed by atoms with Crippen LogP contribution in [0.5, 0.6) is 0 Å². The van der Waals surface area contributed by atoms with E-state index in [1.165, 1.54) is 0 Å². The summed E-state index contributed by atoms with van der Waals surface area (Å²) in [5.41, 5.74) is 0.914. The van der Waals surface area contributed by atoms with Crippen LogP contribution in [0.25, 0.3) is 0 Å². The monoisotopic (exact) mass is 208 g/mol. The molecule has 1 fully saturated rings. The maximum absolute atomic E-state index is 11.0. The summed E-state index contributed by atoms with van der Waals surface area (Å²) in [5.74, 6) is 0.840. The summed E-state index contributed by atoms with van der Waals surface area (Å²) in [5, 5.41) is 9.09. The molecule has 1 N–H and O–H groups in total. The summed E-state index contributed by atoms with van der Waals surface area (Å²) in [6.45, 7) is 7.79. The maximum atomic E-state index is 11.0. The van der Waals surface area contributed by atoms with Crippen LogP contribution in [0.3, 0.4) is 0 Å². The molecule has 2 atom stereocenters. The fourth-order valence-electron chi connectivity index (χ4n) is 2.64. The number of carboxylic acid groups (broad SMARTS) is 1. The van der Waals surface area contributed by atoms with E-state index in [2.05, 4.69) is 0 Å². The molecule has 2 rings (SSSR count). The largest absolute Gasteiger partial charge is 0.481 e. The Hall–Kier alpha value is -1.25. The average Bonchev–Trinajstić information content (AvgIpc) is 2.48. The van der Waals surface area contributed by atoms with Gasteiger partial charge in [0.05, 0.1) is 5.92 Å². The van der Waals surface area contributed by atoms with Crippen molar-refractivity contribution in [1.29, 1.82) is 0 Å². The van der Waals surface area contributed by atoms with E-state index in [1.807, 2.05) is 33.8 Å². The van der Waals surface area contributed by atoms with E-state index < -0.39 is 5.97 Å². The van der Waals surface area contributed by atoms with Crippen LogP contribution in [0.2, 0.25) is 0 Å². The van der Waals surface area contributed by atoms with Crippen molar-refractivity contribution in [1.82, 2.24) is 0 Å². The van der Waals surface area contributed by atoms with Gasteiger partial charge in [0.1, 0.15) is 11.5 Å². The molecule has 1 aliphatic carbocycles. The third kappa shape index (κ3) is 1.37. The van der Waals surface area contributed by atoms with Gasteiger partial charge in [0.25, 0.3) is 0 Å². The Labute approximate surface area is 89.1 Å². The van der Waals surface area contributed by atoms with Crippen LogP contribution in [0.1, 0.15) is 36.8 Å². The Morgan fingerprint density at radius 2 is 2.07 bits per heavy atom. The molecule has 3 heteroatoms. The number of aliphatic carboxylic acids is 1. The third-order valence-electron chi connectivity index (χ3n) is 3.51. The van der Waals surface area contributed by atoms with Gasteiger partial charge in [-0.15, -0.1) is 0 Å². The van der Waals surface area contributed by atoms with Gasteiger partial charge < -0.3 is 9.52 Å². The van der Waals surface area contributed by atoms with Gasteiger partial charge in [-0.05, 0) is 30.9 Å². The molecule has 1 heterocycles. The lowest BCUT2D eigenvalue weighted by Crippen LogP contribution is -2.03. The van der Waals surface area contributed by atoms with Crippen LogP contribution in [-0.4, -0.2) is 11.1 Å². The van der Waals surface area contributed by atoms with Crippen molar-refractivity contribution in [2.45, 2.75) is 33.6 Å². The molecule has 0 amide bonds. The molecule has 2 unspecified atom stereocenters. The Morgan fingerprint density at radius 3 is 2.40 bits per heavy atom. The standard InChI is InChI=1S/C12H16O3/c1-6-5-8(7(2)15-6)9-10(11(13)14)12(9,3)4/h5,9-10H,1-4H3,(H,13,14). The van der Waals surface area contributed by atoms with Gasteiger partial charge in [-0.3, -0.25) is 4.79 Å². The highest BCUT2D eigenvalue weighted by Crippen LogP contribution is 2.65. The number of rotatable bonds is 2. The predicted octanol–water partition coefficient (Wildman–Crippen LogP) is 2.72. The lowest BCUT2D eigenvalue weighted by molar-refractivity contribution is -0.139. The molecule has 0 bridgehead atoms. The fraction of sp³-hybridized carbons (Fsp3) is 0.583. The Kier molecular flexibility index (Phi) is 1.97. The average molecular weight is 208 g/mol. The summed E-state index contributed by atoms with van der Waals surface area (Å²) < 4.78 is 5.44. The van der Waals surface area contributed by atoms with Crippen molar-refractivity contribution in [2.24, 2.45) is 11.3 Å². The van der Waals surface area contributed by atoms with Crippen molar-refractivity contribution >= 4 is 5.97 Å². The highest BCUT2D eigenvalue weighted by Gasteiger charge is 2.63. The molecule has 0 radical (unpaired) electrons. The Bertz CT molecular complexity index is 415. The summed E-state index contributed by atoms with van der Waals surface area (Å²) in [6, 6.07) is 1.96. The zero-order valence-electron chi connectivity index (χ0n) is 9.50. The molecule has 1 aromatic rings. The Morgan fingerprint density at radius 1 is 1.47 bits per heavy atom. The normalized spacial score (nSPS) is 27.7. The topological polar surface area (TPSA) is 50.4 Å². The minimum Gasteiger partial charge on any atom is -0.481 e. The lowest BCUT2D eigenvalue weighted by atomic mass is 10.0. The Balaban J connectivity index is 2.35. The van der Waals surface area contributed by atoms with Gasteiger partial charge in [0.2, 0.25) is 0 Å². The van der Waals surface area contributed by atoms with E-state index in [1.54, 1.807) is 0 Å². The number of carboxylic acids is 1. The molecule has 1 saturated carbocycles. The summed E-state index contributed by atoms with van der Waals surface area (Å²) in [4.78, 5) is 11.0. The first-order valence-corrected chi connectivity index (χ1v) is 5.15. The molecule has 1 aliphatic rings. The van der Waals surface area contributed by atoms with Gasteiger partial charge >= 0.3 is 5.97 Å². The minimum atomic E-state index is -0.705. The highest BCUT2D eigenvalue weighted by atomic mass is 16.4. The van der Waals surface area contributed by atoms with Crippen molar-refractivity contribution in [3.8, 4) is 0 Å². The van der Waals surface area contributed by atoms with Crippen LogP contribution >= 0.6 is 0 Å². The van der Waals surface area contributed by atoms with Crippen LogP contribution in [0, 0.1) is 25.2 Å². The van der Waals surface area contributed by atoms with E-state index >= 15 is 0 Å². The lowest BCUT2D eigenvalue weighted by Gasteiger charge is -1.99. The smallest absolute Gasteiger partial charge is 0.307 e. The molecule has 0 saturated heterocycles. The number of aryl methyl sites for hydroxylation is 2. The number of hydrogen-bond acceptors (Lipinski definition) is 2. The van der Waals surface area contributed by atoms with Crippen LogP contribution < -0.4 is 0 Å².